The van der Waals surface area contributed by atoms with Crippen LogP contribution in [0.4, 0.5) is 10.5 Å². The summed E-state index contributed by atoms with van der Waals surface area (Å²) in [6.45, 7) is -0.320. The normalized spacial score (nSPS) is 13.7. The molecule has 1 aliphatic rings. The van der Waals surface area contributed by atoms with Gasteiger partial charge in [-0.15, -0.1) is 0 Å². The van der Waals surface area contributed by atoms with E-state index in [1.165, 1.54) is 0 Å². The van der Waals surface area contributed by atoms with Crippen LogP contribution < -0.4 is 10.6 Å². The van der Waals surface area contributed by atoms with Gasteiger partial charge in [0.15, 0.2) is 0 Å². The summed E-state index contributed by atoms with van der Waals surface area (Å²) in [4.78, 5) is 23.4. The standard InChI is InChI=1S/C13H16N2O4/c16-7-8-19-13(18)15-11-4-2-1-3-10(11)12(17)14-9-5-6-9/h1-4,9,16H,5-8H2,(H,14,17)(H,15,18). The molecule has 1 aromatic carbocycles. The number of benzene rings is 1. The van der Waals surface area contributed by atoms with E-state index in [1.807, 2.05) is 0 Å². The molecule has 1 saturated carbocycles. The minimum Gasteiger partial charge on any atom is -0.447 e. The fraction of sp³-hybridized carbons (Fsp3) is 0.385. The first kappa shape index (κ1) is 13.4. The van der Waals surface area contributed by atoms with Crippen LogP contribution in [0.25, 0.3) is 0 Å². The third-order valence-corrected chi connectivity index (χ3v) is 2.65. The molecule has 1 aliphatic carbocycles. The summed E-state index contributed by atoms with van der Waals surface area (Å²) in [5.74, 6) is -0.208. The molecule has 0 aromatic heterocycles. The van der Waals surface area contributed by atoms with Gasteiger partial charge in [-0.05, 0) is 25.0 Å². The number of nitrogens with one attached hydrogen (secondary N) is 2. The summed E-state index contributed by atoms with van der Waals surface area (Å²) in [5.41, 5.74) is 0.791. The minimum atomic E-state index is -0.694. The largest absolute Gasteiger partial charge is 0.447 e. The summed E-state index contributed by atoms with van der Waals surface area (Å²) in [7, 11) is 0. The Kier molecular flexibility index (Phi) is 4.35. The molecule has 0 saturated heterocycles. The Morgan fingerprint density at radius 3 is 2.74 bits per heavy atom. The number of aliphatic hydroxyl groups is 1. The number of carbonyl (C=O) groups excluding carboxylic acids is 2. The number of hydrogen-bond acceptors (Lipinski definition) is 4. The van der Waals surface area contributed by atoms with Gasteiger partial charge >= 0.3 is 6.09 Å². The first-order chi connectivity index (χ1) is 9.20. The van der Waals surface area contributed by atoms with E-state index in [0.29, 0.717) is 11.3 Å². The van der Waals surface area contributed by atoms with E-state index < -0.39 is 6.09 Å². The summed E-state index contributed by atoms with van der Waals surface area (Å²) in [6.07, 6.45) is 1.31. The average Bonchev–Trinajstić information content (AvgIpc) is 3.21. The summed E-state index contributed by atoms with van der Waals surface area (Å²) >= 11 is 0. The number of amides is 2. The molecule has 0 aliphatic heterocycles. The van der Waals surface area contributed by atoms with Gasteiger partial charge in [-0.1, -0.05) is 12.1 Å². The molecule has 0 unspecified atom stereocenters. The number of anilines is 1. The van der Waals surface area contributed by atoms with Crippen molar-refractivity contribution in [2.45, 2.75) is 18.9 Å². The highest BCUT2D eigenvalue weighted by Gasteiger charge is 2.25. The van der Waals surface area contributed by atoms with E-state index in [1.54, 1.807) is 24.3 Å². The van der Waals surface area contributed by atoms with Crippen molar-refractivity contribution in [2.75, 3.05) is 18.5 Å². The molecule has 0 atom stereocenters. The van der Waals surface area contributed by atoms with E-state index in [9.17, 15) is 9.59 Å². The van der Waals surface area contributed by atoms with Gasteiger partial charge in [-0.2, -0.15) is 0 Å². The Labute approximate surface area is 110 Å². The second-order valence-electron chi connectivity index (χ2n) is 4.28. The summed E-state index contributed by atoms with van der Waals surface area (Å²) in [5, 5.41) is 13.9. The highest BCUT2D eigenvalue weighted by molar-refractivity contribution is 6.02. The fourth-order valence-corrected chi connectivity index (χ4v) is 1.57. The third-order valence-electron chi connectivity index (χ3n) is 2.65. The predicted molar refractivity (Wildman–Crippen MR) is 69.0 cm³/mol. The van der Waals surface area contributed by atoms with Gasteiger partial charge in [0, 0.05) is 6.04 Å². The molecule has 2 rings (SSSR count). The Morgan fingerprint density at radius 1 is 1.32 bits per heavy atom. The molecule has 1 fully saturated rings. The van der Waals surface area contributed by atoms with Crippen LogP contribution in [-0.4, -0.2) is 36.4 Å². The zero-order chi connectivity index (χ0) is 13.7. The highest BCUT2D eigenvalue weighted by Crippen LogP contribution is 2.21. The van der Waals surface area contributed by atoms with E-state index in [-0.39, 0.29) is 25.2 Å². The van der Waals surface area contributed by atoms with Crippen LogP contribution in [-0.2, 0) is 4.74 Å². The minimum absolute atomic E-state index is 0.0811. The second-order valence-corrected chi connectivity index (χ2v) is 4.28. The maximum absolute atomic E-state index is 12.0. The molecular weight excluding hydrogens is 248 g/mol. The Bertz CT molecular complexity index is 471. The van der Waals surface area contributed by atoms with Crippen molar-refractivity contribution in [1.29, 1.82) is 0 Å². The van der Waals surface area contributed by atoms with Crippen molar-refractivity contribution in [1.82, 2.24) is 5.32 Å². The van der Waals surface area contributed by atoms with Gasteiger partial charge in [0.25, 0.3) is 5.91 Å². The van der Waals surface area contributed by atoms with Crippen molar-refractivity contribution in [2.24, 2.45) is 0 Å². The van der Waals surface area contributed by atoms with E-state index >= 15 is 0 Å². The lowest BCUT2D eigenvalue weighted by molar-refractivity contribution is 0.0952. The lowest BCUT2D eigenvalue weighted by Crippen LogP contribution is -2.27. The highest BCUT2D eigenvalue weighted by atomic mass is 16.6. The molecule has 3 N–H and O–H groups in total. The lowest BCUT2D eigenvalue weighted by atomic mass is 10.1. The average molecular weight is 264 g/mol. The quantitative estimate of drug-likeness (QED) is 0.743. The Balaban J connectivity index is 2.02. The maximum atomic E-state index is 12.0. The number of hydrogen-bond donors (Lipinski definition) is 3. The zero-order valence-corrected chi connectivity index (χ0v) is 10.4. The van der Waals surface area contributed by atoms with Crippen LogP contribution in [0.5, 0.6) is 0 Å². The van der Waals surface area contributed by atoms with E-state index in [2.05, 4.69) is 10.6 Å². The van der Waals surface area contributed by atoms with Gasteiger partial charge in [-0.25, -0.2) is 4.79 Å². The molecule has 6 nitrogen and oxygen atoms in total. The lowest BCUT2D eigenvalue weighted by Gasteiger charge is -2.11. The van der Waals surface area contributed by atoms with Gasteiger partial charge < -0.3 is 15.2 Å². The van der Waals surface area contributed by atoms with Crippen molar-refractivity contribution in [3.05, 3.63) is 29.8 Å². The third kappa shape index (κ3) is 3.96. The fourth-order valence-electron chi connectivity index (χ4n) is 1.57. The van der Waals surface area contributed by atoms with Gasteiger partial charge in [0.2, 0.25) is 0 Å². The molecule has 19 heavy (non-hydrogen) atoms. The molecule has 0 radical (unpaired) electrons. The zero-order valence-electron chi connectivity index (χ0n) is 10.4. The number of ether oxygens (including phenoxy) is 1. The van der Waals surface area contributed by atoms with E-state index in [0.717, 1.165) is 12.8 Å². The van der Waals surface area contributed by atoms with Crippen LogP contribution >= 0.6 is 0 Å². The Hall–Kier alpha value is -2.08. The molecule has 102 valence electrons. The summed E-state index contributed by atoms with van der Waals surface area (Å²) in [6, 6.07) is 6.96. The molecule has 0 spiro atoms. The number of rotatable bonds is 5. The van der Waals surface area contributed by atoms with Crippen molar-refractivity contribution in [3.8, 4) is 0 Å². The monoisotopic (exact) mass is 264 g/mol. The van der Waals surface area contributed by atoms with Crippen LogP contribution in [0.1, 0.15) is 23.2 Å². The molecule has 0 bridgehead atoms. The van der Waals surface area contributed by atoms with Crippen molar-refractivity contribution < 1.29 is 19.4 Å². The number of carbonyl (C=O) groups is 2. The Morgan fingerprint density at radius 2 is 2.05 bits per heavy atom. The van der Waals surface area contributed by atoms with E-state index in [4.69, 9.17) is 9.84 Å². The predicted octanol–water partition coefficient (Wildman–Crippen LogP) is 1.12. The van der Waals surface area contributed by atoms with Crippen LogP contribution in [0.15, 0.2) is 24.3 Å². The smallest absolute Gasteiger partial charge is 0.411 e. The topological polar surface area (TPSA) is 87.7 Å². The molecule has 2 amide bonds. The number of aliphatic hydroxyl groups excluding tert-OH is 1. The SMILES string of the molecule is O=C(Nc1ccccc1C(=O)NC1CC1)OCCO. The van der Waals surface area contributed by atoms with Crippen molar-refractivity contribution in [3.63, 3.8) is 0 Å². The molecule has 6 heteroatoms. The van der Waals surface area contributed by atoms with Crippen LogP contribution in [0, 0.1) is 0 Å². The van der Waals surface area contributed by atoms with Gasteiger partial charge in [0.05, 0.1) is 17.9 Å². The summed E-state index contributed by atoms with van der Waals surface area (Å²) < 4.78 is 4.69. The van der Waals surface area contributed by atoms with Crippen molar-refractivity contribution >= 4 is 17.7 Å². The second kappa shape index (κ2) is 6.19. The molecular formula is C13H16N2O4. The maximum Gasteiger partial charge on any atom is 0.411 e. The van der Waals surface area contributed by atoms with Crippen LogP contribution in [0.2, 0.25) is 0 Å². The molecule has 0 heterocycles. The van der Waals surface area contributed by atoms with Crippen LogP contribution in [0.3, 0.4) is 0 Å². The molecule has 1 aromatic rings. The first-order valence-electron chi connectivity index (χ1n) is 6.15. The van der Waals surface area contributed by atoms with Gasteiger partial charge in [0.1, 0.15) is 6.61 Å². The number of para-hydroxylation sites is 1. The first-order valence-corrected chi connectivity index (χ1v) is 6.15. The van der Waals surface area contributed by atoms with Gasteiger partial charge in [-0.3, -0.25) is 10.1 Å².